The molecule has 3 heteroatoms. The summed E-state index contributed by atoms with van der Waals surface area (Å²) < 4.78 is 7.60. The van der Waals surface area contributed by atoms with E-state index in [1.807, 2.05) is 0 Å². The van der Waals surface area contributed by atoms with Crippen LogP contribution < -0.4 is 0 Å². The quantitative estimate of drug-likeness (QED) is 0.145. The van der Waals surface area contributed by atoms with Crippen molar-refractivity contribution >= 4 is 66.0 Å². The molecule has 0 bridgehead atoms. The van der Waals surface area contributed by atoms with Gasteiger partial charge in [-0.3, -0.25) is 0 Å². The van der Waals surface area contributed by atoms with Crippen molar-refractivity contribution in [2.24, 2.45) is 0 Å². The number of hydrogen-bond donors (Lipinski definition) is 0. The van der Waals surface area contributed by atoms with E-state index >= 15 is 0 Å². The molecule has 1 unspecified atom stereocenters. The maximum Gasteiger partial charge on any atom is 0.0586 e. The van der Waals surface area contributed by atoms with Crippen molar-refractivity contribution in [2.75, 3.05) is 0 Å². The first-order valence-corrected chi connectivity index (χ1v) is 20.0. The molecular formula is C53H45N3. The molecule has 0 spiro atoms. The summed E-state index contributed by atoms with van der Waals surface area (Å²) in [7, 11) is 0. The lowest BCUT2D eigenvalue weighted by Gasteiger charge is -2.27. The van der Waals surface area contributed by atoms with Gasteiger partial charge in [-0.1, -0.05) is 121 Å². The van der Waals surface area contributed by atoms with E-state index in [-0.39, 0.29) is 6.04 Å². The maximum absolute atomic E-state index is 2.59. The van der Waals surface area contributed by atoms with Crippen molar-refractivity contribution < 1.29 is 0 Å². The summed E-state index contributed by atoms with van der Waals surface area (Å²) in [5.41, 5.74) is 16.3. The Morgan fingerprint density at radius 1 is 0.679 bits per heavy atom. The van der Waals surface area contributed by atoms with E-state index in [1.54, 1.807) is 0 Å². The summed E-state index contributed by atoms with van der Waals surface area (Å²) in [5, 5.41) is 5.16. The van der Waals surface area contributed by atoms with E-state index in [9.17, 15) is 0 Å². The highest BCUT2D eigenvalue weighted by molar-refractivity contribution is 6.11. The fourth-order valence-corrected chi connectivity index (χ4v) is 9.37. The first-order chi connectivity index (χ1) is 27.6. The van der Waals surface area contributed by atoms with Crippen molar-refractivity contribution in [2.45, 2.75) is 46.1 Å². The molecule has 8 aromatic rings. The van der Waals surface area contributed by atoms with E-state index in [0.717, 1.165) is 19.3 Å². The average Bonchev–Trinajstić information content (AvgIpc) is 3.94. The lowest BCUT2D eigenvalue weighted by atomic mass is 9.91. The monoisotopic (exact) mass is 723 g/mol. The highest BCUT2D eigenvalue weighted by atomic mass is 15.1. The van der Waals surface area contributed by atoms with Crippen LogP contribution in [-0.4, -0.2) is 13.7 Å². The number of para-hydroxylation sites is 4. The third-order valence-corrected chi connectivity index (χ3v) is 11.9. The number of hydrogen-bond acceptors (Lipinski definition) is 0. The second-order valence-corrected chi connectivity index (χ2v) is 15.1. The lowest BCUT2D eigenvalue weighted by Crippen LogP contribution is -2.14. The van der Waals surface area contributed by atoms with Gasteiger partial charge in [0.25, 0.3) is 0 Å². The summed E-state index contributed by atoms with van der Waals surface area (Å²) in [5.74, 6) is 0. The van der Waals surface area contributed by atoms with Gasteiger partial charge >= 0.3 is 0 Å². The predicted molar refractivity (Wildman–Crippen MR) is 240 cm³/mol. The van der Waals surface area contributed by atoms with E-state index in [4.69, 9.17) is 0 Å². The van der Waals surface area contributed by atoms with Gasteiger partial charge in [0, 0.05) is 56.1 Å². The average molecular weight is 724 g/mol. The van der Waals surface area contributed by atoms with E-state index < -0.39 is 0 Å². The number of benzene rings is 5. The SMILES string of the molecule is CC=CC(=CC)c1ccc(C2=CC=CCC2)n1-c1ccc(C)c(C2=CC(n3c4ccccc4c4ccccc43)CC(n3c4ccccc4c4ccccc43)=C2)c1. The Kier molecular flexibility index (Phi) is 8.44. The second kappa shape index (κ2) is 13.9. The lowest BCUT2D eigenvalue weighted by molar-refractivity contribution is 0.648. The minimum atomic E-state index is 0.0824. The molecule has 3 aromatic heterocycles. The topological polar surface area (TPSA) is 14.8 Å². The Morgan fingerprint density at radius 3 is 1.91 bits per heavy atom. The molecule has 5 aromatic carbocycles. The molecule has 0 radical (unpaired) electrons. The molecular weight excluding hydrogens is 679 g/mol. The number of nitrogens with zero attached hydrogens (tertiary/aromatic N) is 3. The summed E-state index contributed by atoms with van der Waals surface area (Å²) in [6.07, 6.45) is 21.3. The molecule has 56 heavy (non-hydrogen) atoms. The Labute approximate surface area is 328 Å². The van der Waals surface area contributed by atoms with Crippen LogP contribution in [0.25, 0.3) is 71.7 Å². The van der Waals surface area contributed by atoms with Crippen LogP contribution in [0.4, 0.5) is 0 Å². The Hall–Kier alpha value is -6.58. The van der Waals surface area contributed by atoms with Crippen LogP contribution in [0.3, 0.4) is 0 Å². The first kappa shape index (κ1) is 33.9. The fraction of sp³-hybridized carbons (Fsp3) is 0.132. The van der Waals surface area contributed by atoms with Crippen LogP contribution in [0.1, 0.15) is 61.7 Å². The highest BCUT2D eigenvalue weighted by Gasteiger charge is 2.26. The van der Waals surface area contributed by atoms with Gasteiger partial charge in [0.15, 0.2) is 0 Å². The predicted octanol–water partition coefficient (Wildman–Crippen LogP) is 14.3. The number of aryl methyl sites for hydroxylation is 1. The third kappa shape index (κ3) is 5.49. The molecule has 0 N–H and O–H groups in total. The normalized spacial score (nSPS) is 16.4. The molecule has 0 aliphatic heterocycles. The van der Waals surface area contributed by atoms with Gasteiger partial charge in [-0.2, -0.15) is 0 Å². The van der Waals surface area contributed by atoms with Crippen molar-refractivity contribution in [3.05, 3.63) is 199 Å². The smallest absolute Gasteiger partial charge is 0.0586 e. The first-order valence-electron chi connectivity index (χ1n) is 20.0. The van der Waals surface area contributed by atoms with E-state index in [2.05, 4.69) is 210 Å². The fourth-order valence-electron chi connectivity index (χ4n) is 9.37. The van der Waals surface area contributed by atoms with Crippen LogP contribution in [-0.2, 0) is 0 Å². The minimum absolute atomic E-state index is 0.0824. The molecule has 0 saturated heterocycles. The molecule has 2 aliphatic carbocycles. The number of aromatic nitrogens is 3. The minimum Gasteiger partial charge on any atom is -0.333 e. The summed E-state index contributed by atoms with van der Waals surface area (Å²) in [6.45, 7) is 6.50. The Balaban J connectivity index is 1.23. The van der Waals surface area contributed by atoms with Crippen LogP contribution >= 0.6 is 0 Å². The molecule has 10 rings (SSSR count). The summed E-state index contributed by atoms with van der Waals surface area (Å²) >= 11 is 0. The number of fused-ring (bicyclic) bond motifs is 6. The van der Waals surface area contributed by atoms with Crippen LogP contribution in [0.5, 0.6) is 0 Å². The van der Waals surface area contributed by atoms with Gasteiger partial charge in [0.1, 0.15) is 0 Å². The molecule has 0 fully saturated rings. The standard InChI is InChI=1S/C53H45N3/c1-4-17-37(5-2)48-30-31-49(38-18-7-6-8-19-38)54(48)40-29-28-36(3)47(35-40)39-32-41(55-50-24-13-9-20-43(50)44-21-10-14-25-51(44)55)34-42(33-39)56-52-26-15-11-22-45(52)46-23-12-16-27-53(46)56/h4-7,9-18,20-33,35,41H,8,19,34H2,1-3H3. The molecule has 2 aliphatic rings. The maximum atomic E-state index is 2.59. The molecule has 0 amide bonds. The van der Waals surface area contributed by atoms with Crippen molar-refractivity contribution in [1.82, 2.24) is 13.7 Å². The van der Waals surface area contributed by atoms with Gasteiger partial charge in [-0.05, 0) is 116 Å². The number of rotatable bonds is 7. The molecule has 1 atom stereocenters. The van der Waals surface area contributed by atoms with Crippen molar-refractivity contribution in [1.29, 1.82) is 0 Å². The molecule has 3 nitrogen and oxygen atoms in total. The third-order valence-electron chi connectivity index (χ3n) is 11.9. The van der Waals surface area contributed by atoms with Crippen molar-refractivity contribution in [3.63, 3.8) is 0 Å². The zero-order valence-electron chi connectivity index (χ0n) is 32.3. The van der Waals surface area contributed by atoms with Crippen LogP contribution in [0.15, 0.2) is 176 Å². The summed E-state index contributed by atoms with van der Waals surface area (Å²) in [4.78, 5) is 0. The summed E-state index contributed by atoms with van der Waals surface area (Å²) in [6, 6.07) is 47.3. The van der Waals surface area contributed by atoms with Crippen LogP contribution in [0.2, 0.25) is 0 Å². The van der Waals surface area contributed by atoms with Gasteiger partial charge in [0.05, 0.1) is 22.8 Å². The van der Waals surface area contributed by atoms with Gasteiger partial charge in [0.2, 0.25) is 0 Å². The Morgan fingerprint density at radius 2 is 1.30 bits per heavy atom. The molecule has 272 valence electrons. The number of allylic oxidation sites excluding steroid dienone is 12. The van der Waals surface area contributed by atoms with Gasteiger partial charge < -0.3 is 13.7 Å². The van der Waals surface area contributed by atoms with E-state index in [1.165, 1.54) is 94.2 Å². The Bertz CT molecular complexity index is 2920. The van der Waals surface area contributed by atoms with Gasteiger partial charge in [-0.25, -0.2) is 0 Å². The van der Waals surface area contributed by atoms with Crippen molar-refractivity contribution in [3.8, 4) is 5.69 Å². The van der Waals surface area contributed by atoms with Crippen LogP contribution in [0, 0.1) is 6.92 Å². The second-order valence-electron chi connectivity index (χ2n) is 15.1. The van der Waals surface area contributed by atoms with E-state index in [0.29, 0.717) is 0 Å². The zero-order valence-corrected chi connectivity index (χ0v) is 32.3. The molecule has 3 heterocycles. The highest BCUT2D eigenvalue weighted by Crippen LogP contribution is 2.43. The zero-order chi connectivity index (χ0) is 37.8. The van der Waals surface area contributed by atoms with Gasteiger partial charge in [-0.15, -0.1) is 0 Å². The molecule has 0 saturated carbocycles. The largest absolute Gasteiger partial charge is 0.333 e.